The number of ether oxygens (including phenoxy) is 1. The van der Waals surface area contributed by atoms with Crippen LogP contribution in [0.3, 0.4) is 0 Å². The third-order valence-electron chi connectivity index (χ3n) is 5.37. The van der Waals surface area contributed by atoms with Gasteiger partial charge in [0.1, 0.15) is 16.3 Å². The van der Waals surface area contributed by atoms with Crippen molar-refractivity contribution in [2.45, 2.75) is 40.2 Å². The number of aromatic nitrogens is 2. The van der Waals surface area contributed by atoms with E-state index in [1.54, 1.807) is 11.8 Å². The summed E-state index contributed by atoms with van der Waals surface area (Å²) in [6.45, 7) is 6.49. The molecule has 4 rings (SSSR count). The number of carbonyl (C=O) groups excluding carboxylic acids is 2. The molecule has 7 nitrogen and oxygen atoms in total. The van der Waals surface area contributed by atoms with E-state index in [2.05, 4.69) is 4.98 Å². The van der Waals surface area contributed by atoms with Crippen molar-refractivity contribution in [1.82, 2.24) is 9.55 Å². The summed E-state index contributed by atoms with van der Waals surface area (Å²) in [7, 11) is 0. The lowest BCUT2D eigenvalue weighted by Crippen LogP contribution is -2.39. The Kier molecular flexibility index (Phi) is 5.91. The lowest BCUT2D eigenvalue weighted by molar-refractivity contribution is -0.119. The van der Waals surface area contributed by atoms with Gasteiger partial charge >= 0.3 is 5.97 Å². The second-order valence-electron chi connectivity index (χ2n) is 8.18. The minimum absolute atomic E-state index is 0.0987. The summed E-state index contributed by atoms with van der Waals surface area (Å²) in [5.41, 5.74) is 2.28. The zero-order valence-electron chi connectivity index (χ0n) is 17.9. The average molecular weight is 440 g/mol. The second-order valence-corrected chi connectivity index (χ2v) is 9.18. The molecule has 162 valence electrons. The Labute approximate surface area is 184 Å². The van der Waals surface area contributed by atoms with Gasteiger partial charge in [-0.05, 0) is 42.9 Å². The molecular weight excluding hydrogens is 414 g/mol. The van der Waals surface area contributed by atoms with Crippen LogP contribution in [0.2, 0.25) is 0 Å². The number of carbonyl (C=O) groups is 2. The normalized spacial score (nSPS) is 13.5. The Hall–Kier alpha value is -3.00. The maximum absolute atomic E-state index is 13.1. The van der Waals surface area contributed by atoms with Crippen molar-refractivity contribution in [2.24, 2.45) is 5.92 Å². The van der Waals surface area contributed by atoms with Crippen LogP contribution in [-0.2, 0) is 22.5 Å². The molecule has 0 atom stereocenters. The lowest BCUT2D eigenvalue weighted by atomic mass is 10.0. The number of rotatable bonds is 5. The fourth-order valence-electron chi connectivity index (χ4n) is 3.80. The summed E-state index contributed by atoms with van der Waals surface area (Å²) < 4.78 is 6.65. The molecule has 1 amide bonds. The Balaban J connectivity index is 1.62. The van der Waals surface area contributed by atoms with Gasteiger partial charge in [-0.3, -0.25) is 14.2 Å². The fraction of sp³-hybridized carbons (Fsp3) is 0.391. The Morgan fingerprint density at radius 1 is 1.26 bits per heavy atom. The smallest absolute Gasteiger partial charge is 0.348 e. The quantitative estimate of drug-likeness (QED) is 0.568. The van der Waals surface area contributed by atoms with Gasteiger partial charge in [-0.2, -0.15) is 0 Å². The number of anilines is 1. The van der Waals surface area contributed by atoms with Crippen molar-refractivity contribution < 1.29 is 14.3 Å². The van der Waals surface area contributed by atoms with E-state index in [0.717, 1.165) is 35.4 Å². The highest BCUT2D eigenvalue weighted by molar-refractivity contribution is 7.20. The van der Waals surface area contributed by atoms with E-state index in [4.69, 9.17) is 4.74 Å². The third kappa shape index (κ3) is 4.12. The molecule has 0 radical (unpaired) electrons. The molecule has 1 aliphatic rings. The maximum atomic E-state index is 13.1. The Morgan fingerprint density at radius 2 is 2.03 bits per heavy atom. The molecular formula is C23H25N3O4S. The van der Waals surface area contributed by atoms with E-state index in [-0.39, 0.29) is 23.9 Å². The summed E-state index contributed by atoms with van der Waals surface area (Å²) >= 11 is 1.15. The van der Waals surface area contributed by atoms with Crippen molar-refractivity contribution in [3.8, 4) is 0 Å². The number of benzene rings is 1. The summed E-state index contributed by atoms with van der Waals surface area (Å²) in [6, 6.07) is 7.86. The van der Waals surface area contributed by atoms with Gasteiger partial charge in [-0.1, -0.05) is 32.0 Å². The van der Waals surface area contributed by atoms with E-state index in [0.29, 0.717) is 33.8 Å². The number of thiophene rings is 1. The van der Waals surface area contributed by atoms with Crippen LogP contribution >= 0.6 is 11.3 Å². The number of aryl methyl sites for hydroxylation is 2. The SMILES string of the molecule is Cc1c(C(=O)OCC(C)C)sc2ncn(CC(=O)N3CCCc4ccccc43)c(=O)c12. The second kappa shape index (κ2) is 8.63. The zero-order chi connectivity index (χ0) is 22.1. The van der Waals surface area contributed by atoms with Gasteiger partial charge in [0.2, 0.25) is 5.91 Å². The van der Waals surface area contributed by atoms with Gasteiger partial charge < -0.3 is 9.64 Å². The number of esters is 1. The first kappa shape index (κ1) is 21.2. The molecule has 0 fully saturated rings. The molecule has 0 unspecified atom stereocenters. The average Bonchev–Trinajstić information content (AvgIpc) is 3.10. The largest absolute Gasteiger partial charge is 0.461 e. The number of nitrogens with zero attached hydrogens (tertiary/aromatic N) is 3. The maximum Gasteiger partial charge on any atom is 0.348 e. The van der Waals surface area contributed by atoms with Crippen LogP contribution in [0.4, 0.5) is 5.69 Å². The first-order valence-electron chi connectivity index (χ1n) is 10.4. The van der Waals surface area contributed by atoms with Crippen LogP contribution in [0.5, 0.6) is 0 Å². The van der Waals surface area contributed by atoms with Crippen LogP contribution < -0.4 is 10.5 Å². The topological polar surface area (TPSA) is 81.5 Å². The molecule has 0 bridgehead atoms. The van der Waals surface area contributed by atoms with Crippen molar-refractivity contribution in [1.29, 1.82) is 0 Å². The van der Waals surface area contributed by atoms with E-state index < -0.39 is 5.97 Å². The number of hydrogen-bond acceptors (Lipinski definition) is 6. The molecule has 2 aromatic heterocycles. The summed E-state index contributed by atoms with van der Waals surface area (Å²) in [5.74, 6) is -0.374. The van der Waals surface area contributed by atoms with Crippen molar-refractivity contribution in [2.75, 3.05) is 18.1 Å². The molecule has 0 spiro atoms. The van der Waals surface area contributed by atoms with Crippen LogP contribution in [-0.4, -0.2) is 34.6 Å². The molecule has 3 aromatic rings. The minimum atomic E-state index is -0.443. The highest BCUT2D eigenvalue weighted by atomic mass is 32.1. The predicted octanol–water partition coefficient (Wildman–Crippen LogP) is 3.56. The van der Waals surface area contributed by atoms with E-state index in [1.165, 1.54) is 10.9 Å². The van der Waals surface area contributed by atoms with Gasteiger partial charge in [0.25, 0.3) is 5.56 Å². The first-order chi connectivity index (χ1) is 14.9. The molecule has 8 heteroatoms. The number of hydrogen-bond donors (Lipinski definition) is 0. The summed E-state index contributed by atoms with van der Waals surface area (Å²) in [6.07, 6.45) is 3.22. The standard InChI is InChI=1S/C23H25N3O4S/c1-14(2)12-30-23(29)20-15(3)19-21(31-20)24-13-25(22(19)28)11-18(27)26-10-6-8-16-7-4-5-9-17(16)26/h4-5,7,9,13-14H,6,8,10-12H2,1-3H3. The van der Waals surface area contributed by atoms with Gasteiger partial charge in [0, 0.05) is 12.2 Å². The molecule has 1 aromatic carbocycles. The van der Waals surface area contributed by atoms with Gasteiger partial charge in [-0.25, -0.2) is 9.78 Å². The van der Waals surface area contributed by atoms with Crippen molar-refractivity contribution in [3.63, 3.8) is 0 Å². The number of fused-ring (bicyclic) bond motifs is 2. The number of amides is 1. The third-order valence-corrected chi connectivity index (χ3v) is 6.55. The van der Waals surface area contributed by atoms with Crippen LogP contribution in [0, 0.1) is 12.8 Å². The van der Waals surface area contributed by atoms with E-state index >= 15 is 0 Å². The summed E-state index contributed by atoms with van der Waals surface area (Å²) in [5, 5.41) is 0.371. The van der Waals surface area contributed by atoms with E-state index in [9.17, 15) is 14.4 Å². The lowest BCUT2D eigenvalue weighted by Gasteiger charge is -2.29. The molecule has 3 heterocycles. The predicted molar refractivity (Wildman–Crippen MR) is 121 cm³/mol. The highest BCUT2D eigenvalue weighted by Gasteiger charge is 2.24. The van der Waals surface area contributed by atoms with Crippen molar-refractivity contribution in [3.05, 3.63) is 57.0 Å². The highest BCUT2D eigenvalue weighted by Crippen LogP contribution is 2.28. The molecule has 0 aliphatic carbocycles. The fourth-order valence-corrected chi connectivity index (χ4v) is 4.83. The zero-order valence-corrected chi connectivity index (χ0v) is 18.7. The van der Waals surface area contributed by atoms with Gasteiger partial charge in [0.15, 0.2) is 0 Å². The van der Waals surface area contributed by atoms with Crippen molar-refractivity contribution >= 4 is 39.1 Å². The molecule has 0 saturated carbocycles. The van der Waals surface area contributed by atoms with Gasteiger partial charge in [0.05, 0.1) is 18.3 Å². The Morgan fingerprint density at radius 3 is 2.81 bits per heavy atom. The molecule has 0 saturated heterocycles. The van der Waals surface area contributed by atoms with Crippen LogP contribution in [0.25, 0.3) is 10.2 Å². The first-order valence-corrected chi connectivity index (χ1v) is 11.2. The molecule has 1 aliphatic heterocycles. The minimum Gasteiger partial charge on any atom is -0.461 e. The molecule has 31 heavy (non-hydrogen) atoms. The summed E-state index contributed by atoms with van der Waals surface area (Å²) in [4.78, 5) is 45.5. The monoisotopic (exact) mass is 439 g/mol. The number of para-hydroxylation sites is 1. The van der Waals surface area contributed by atoms with Crippen LogP contribution in [0.1, 0.15) is 41.1 Å². The van der Waals surface area contributed by atoms with Gasteiger partial charge in [-0.15, -0.1) is 11.3 Å². The van der Waals surface area contributed by atoms with E-state index in [1.807, 2.05) is 38.1 Å². The molecule has 0 N–H and O–H groups in total. The Bertz CT molecular complexity index is 1210. The van der Waals surface area contributed by atoms with Crippen LogP contribution in [0.15, 0.2) is 35.4 Å².